The fourth-order valence-corrected chi connectivity index (χ4v) is 1.32. The maximum atomic E-state index is 12.5. The summed E-state index contributed by atoms with van der Waals surface area (Å²) in [6.07, 6.45) is -0.933. The molecule has 1 saturated carbocycles. The SMILES string of the molecule is FC(F)(F)C1(Nc2ccncc2)CC1. The topological polar surface area (TPSA) is 24.9 Å². The van der Waals surface area contributed by atoms with Gasteiger partial charge in [-0.1, -0.05) is 0 Å². The molecule has 76 valence electrons. The van der Waals surface area contributed by atoms with Crippen molar-refractivity contribution in [1.29, 1.82) is 0 Å². The second-order valence-electron chi connectivity index (χ2n) is 3.44. The third-order valence-corrected chi connectivity index (χ3v) is 2.36. The summed E-state index contributed by atoms with van der Waals surface area (Å²) >= 11 is 0. The van der Waals surface area contributed by atoms with Crippen LogP contribution in [0.5, 0.6) is 0 Å². The molecule has 0 amide bonds. The number of rotatable bonds is 2. The van der Waals surface area contributed by atoms with Crippen molar-refractivity contribution < 1.29 is 13.2 Å². The molecule has 0 unspecified atom stereocenters. The zero-order valence-electron chi connectivity index (χ0n) is 7.30. The summed E-state index contributed by atoms with van der Waals surface area (Å²) in [4.78, 5) is 3.74. The first-order valence-electron chi connectivity index (χ1n) is 4.28. The van der Waals surface area contributed by atoms with E-state index in [1.807, 2.05) is 0 Å². The fourth-order valence-electron chi connectivity index (χ4n) is 1.32. The minimum Gasteiger partial charge on any atom is -0.371 e. The zero-order chi connectivity index (χ0) is 10.2. The maximum absolute atomic E-state index is 12.5. The van der Waals surface area contributed by atoms with E-state index in [0.29, 0.717) is 5.69 Å². The van der Waals surface area contributed by atoms with Crippen LogP contribution in [0.4, 0.5) is 18.9 Å². The van der Waals surface area contributed by atoms with Gasteiger partial charge >= 0.3 is 6.18 Å². The van der Waals surface area contributed by atoms with E-state index < -0.39 is 11.7 Å². The Labute approximate surface area is 79.2 Å². The third-order valence-electron chi connectivity index (χ3n) is 2.36. The van der Waals surface area contributed by atoms with Gasteiger partial charge in [-0.3, -0.25) is 4.98 Å². The van der Waals surface area contributed by atoms with Gasteiger partial charge in [-0.15, -0.1) is 0 Å². The molecule has 0 radical (unpaired) electrons. The Kier molecular flexibility index (Phi) is 1.90. The molecule has 1 N–H and O–H groups in total. The number of aromatic nitrogens is 1. The van der Waals surface area contributed by atoms with Gasteiger partial charge in [0, 0.05) is 18.1 Å². The van der Waals surface area contributed by atoms with Gasteiger partial charge in [0.2, 0.25) is 0 Å². The summed E-state index contributed by atoms with van der Waals surface area (Å²) in [6, 6.07) is 3.07. The number of nitrogens with zero attached hydrogens (tertiary/aromatic N) is 1. The number of halogens is 3. The van der Waals surface area contributed by atoms with E-state index in [1.165, 1.54) is 24.5 Å². The van der Waals surface area contributed by atoms with Gasteiger partial charge in [0.1, 0.15) is 5.54 Å². The number of hydrogen-bond donors (Lipinski definition) is 1. The summed E-state index contributed by atoms with van der Waals surface area (Å²) in [6.45, 7) is 0. The maximum Gasteiger partial charge on any atom is 0.411 e. The highest BCUT2D eigenvalue weighted by atomic mass is 19.4. The molecule has 1 aromatic rings. The fraction of sp³-hybridized carbons (Fsp3) is 0.444. The largest absolute Gasteiger partial charge is 0.411 e. The van der Waals surface area contributed by atoms with Crippen LogP contribution in [0.15, 0.2) is 24.5 Å². The lowest BCUT2D eigenvalue weighted by atomic mass is 10.2. The highest BCUT2D eigenvalue weighted by Crippen LogP contribution is 2.51. The molecule has 2 rings (SSSR count). The number of hydrogen-bond acceptors (Lipinski definition) is 2. The predicted molar refractivity (Wildman–Crippen MR) is 45.9 cm³/mol. The van der Waals surface area contributed by atoms with E-state index in [0.717, 1.165) is 0 Å². The van der Waals surface area contributed by atoms with Crippen LogP contribution < -0.4 is 5.32 Å². The molecule has 1 aliphatic rings. The van der Waals surface area contributed by atoms with Crippen molar-refractivity contribution in [3.63, 3.8) is 0 Å². The highest BCUT2D eigenvalue weighted by molar-refractivity contribution is 5.46. The van der Waals surface area contributed by atoms with Crippen LogP contribution in [0.25, 0.3) is 0 Å². The molecule has 14 heavy (non-hydrogen) atoms. The lowest BCUT2D eigenvalue weighted by Crippen LogP contribution is -2.38. The molecule has 5 heteroatoms. The van der Waals surface area contributed by atoms with E-state index in [1.54, 1.807) is 0 Å². The Morgan fingerprint density at radius 1 is 1.21 bits per heavy atom. The van der Waals surface area contributed by atoms with Gasteiger partial charge in [-0.2, -0.15) is 13.2 Å². The highest BCUT2D eigenvalue weighted by Gasteiger charge is 2.63. The number of pyridine rings is 1. The van der Waals surface area contributed by atoms with Crippen LogP contribution in [0.2, 0.25) is 0 Å². The van der Waals surface area contributed by atoms with E-state index >= 15 is 0 Å². The minimum absolute atomic E-state index is 0.152. The van der Waals surface area contributed by atoms with Crippen molar-refractivity contribution in [3.8, 4) is 0 Å². The molecule has 2 nitrogen and oxygen atoms in total. The van der Waals surface area contributed by atoms with Crippen molar-refractivity contribution >= 4 is 5.69 Å². The Balaban J connectivity index is 2.13. The van der Waals surface area contributed by atoms with E-state index in [-0.39, 0.29) is 12.8 Å². The van der Waals surface area contributed by atoms with Crippen LogP contribution in [-0.2, 0) is 0 Å². The first kappa shape index (κ1) is 9.30. The number of alkyl halides is 3. The third kappa shape index (κ3) is 1.54. The molecular weight excluding hydrogens is 193 g/mol. The zero-order valence-corrected chi connectivity index (χ0v) is 7.30. The van der Waals surface area contributed by atoms with Gasteiger partial charge in [0.25, 0.3) is 0 Å². The van der Waals surface area contributed by atoms with Crippen LogP contribution in [0, 0.1) is 0 Å². The van der Waals surface area contributed by atoms with Gasteiger partial charge in [-0.25, -0.2) is 0 Å². The Morgan fingerprint density at radius 3 is 2.21 bits per heavy atom. The number of anilines is 1. The normalized spacial score (nSPS) is 19.1. The Bertz CT molecular complexity index is 317. The molecule has 1 heterocycles. The quantitative estimate of drug-likeness (QED) is 0.797. The second kappa shape index (κ2) is 2.87. The molecule has 0 aliphatic heterocycles. The Morgan fingerprint density at radius 2 is 1.79 bits per heavy atom. The first-order chi connectivity index (χ1) is 6.54. The van der Waals surface area contributed by atoms with Crippen molar-refractivity contribution in [2.24, 2.45) is 0 Å². The molecule has 1 aromatic heterocycles. The average Bonchev–Trinajstić information content (AvgIpc) is 2.86. The van der Waals surface area contributed by atoms with Crippen LogP contribution in [0.3, 0.4) is 0 Å². The first-order valence-corrected chi connectivity index (χ1v) is 4.28. The molecule has 0 spiro atoms. The summed E-state index contributed by atoms with van der Waals surface area (Å²) in [5, 5.41) is 2.50. The van der Waals surface area contributed by atoms with Gasteiger partial charge in [0.05, 0.1) is 0 Å². The Hall–Kier alpha value is -1.26. The van der Waals surface area contributed by atoms with Gasteiger partial charge in [-0.05, 0) is 25.0 Å². The van der Waals surface area contributed by atoms with E-state index in [4.69, 9.17) is 0 Å². The van der Waals surface area contributed by atoms with Crippen molar-refractivity contribution in [1.82, 2.24) is 4.98 Å². The van der Waals surface area contributed by atoms with Crippen molar-refractivity contribution in [3.05, 3.63) is 24.5 Å². The number of nitrogens with one attached hydrogen (secondary N) is 1. The standard InChI is InChI=1S/C9H9F3N2/c10-9(11,12)8(3-4-8)14-7-1-5-13-6-2-7/h1-2,5-6H,3-4H2,(H,13,14). The van der Waals surface area contributed by atoms with Crippen molar-refractivity contribution in [2.45, 2.75) is 24.6 Å². The second-order valence-corrected chi connectivity index (χ2v) is 3.44. The van der Waals surface area contributed by atoms with E-state index in [2.05, 4.69) is 10.3 Å². The predicted octanol–water partition coefficient (Wildman–Crippen LogP) is 2.59. The van der Waals surface area contributed by atoms with Crippen LogP contribution >= 0.6 is 0 Å². The molecule has 0 saturated heterocycles. The monoisotopic (exact) mass is 202 g/mol. The lowest BCUT2D eigenvalue weighted by Gasteiger charge is -2.21. The van der Waals surface area contributed by atoms with Crippen molar-refractivity contribution in [2.75, 3.05) is 5.32 Å². The molecule has 1 fully saturated rings. The average molecular weight is 202 g/mol. The molecule has 0 bridgehead atoms. The summed E-state index contributed by atoms with van der Waals surface area (Å²) in [5.74, 6) is 0. The summed E-state index contributed by atoms with van der Waals surface area (Å²) < 4.78 is 37.5. The van der Waals surface area contributed by atoms with Crippen LogP contribution in [0.1, 0.15) is 12.8 Å². The minimum atomic E-state index is -4.17. The molecular formula is C9H9F3N2. The summed E-state index contributed by atoms with van der Waals surface area (Å²) in [5.41, 5.74) is -1.22. The summed E-state index contributed by atoms with van der Waals surface area (Å²) in [7, 11) is 0. The molecule has 0 aromatic carbocycles. The molecule has 0 atom stereocenters. The van der Waals surface area contributed by atoms with Crippen LogP contribution in [-0.4, -0.2) is 16.7 Å². The lowest BCUT2D eigenvalue weighted by molar-refractivity contribution is -0.151. The molecule has 1 aliphatic carbocycles. The van der Waals surface area contributed by atoms with Gasteiger partial charge in [0.15, 0.2) is 0 Å². The smallest absolute Gasteiger partial charge is 0.371 e. The van der Waals surface area contributed by atoms with Gasteiger partial charge < -0.3 is 5.32 Å². The van der Waals surface area contributed by atoms with E-state index in [9.17, 15) is 13.2 Å².